The smallest absolute Gasteiger partial charge is 0.376 e. The number of hydrogen-bond donors (Lipinski definition) is 0. The van der Waals surface area contributed by atoms with E-state index in [1.165, 1.54) is 0 Å². The number of aryl methyl sites for hydroxylation is 2. The molecule has 112 valence electrons. The lowest BCUT2D eigenvalue weighted by atomic mass is 10.1. The molecule has 0 fully saturated rings. The van der Waals surface area contributed by atoms with E-state index in [0.29, 0.717) is 24.6 Å². The number of carbonyl (C=O) groups excluding carboxylic acids is 1. The van der Waals surface area contributed by atoms with Crippen LogP contribution in [0.2, 0.25) is 0 Å². The molecule has 0 radical (unpaired) electrons. The summed E-state index contributed by atoms with van der Waals surface area (Å²) in [5.41, 5.74) is 2.39. The highest BCUT2D eigenvalue weighted by Gasteiger charge is 2.21. The summed E-state index contributed by atoms with van der Waals surface area (Å²) in [5, 5.41) is 0. The van der Waals surface area contributed by atoms with Crippen LogP contribution in [0.4, 0.5) is 0 Å². The second-order valence-corrected chi connectivity index (χ2v) is 4.55. The zero-order chi connectivity index (χ0) is 15.4. The molecule has 5 heteroatoms. The number of hydrogen-bond acceptors (Lipinski definition) is 5. The van der Waals surface area contributed by atoms with Gasteiger partial charge in [-0.1, -0.05) is 13.0 Å². The van der Waals surface area contributed by atoms with Gasteiger partial charge in [-0.05, 0) is 38.0 Å². The monoisotopic (exact) mass is 289 g/mol. The maximum Gasteiger partial charge on any atom is 0.376 e. The van der Waals surface area contributed by atoms with Crippen LogP contribution in [0.5, 0.6) is 5.75 Å². The lowest BCUT2D eigenvalue weighted by molar-refractivity contribution is 0.0489. The predicted molar refractivity (Wildman–Crippen MR) is 78.6 cm³/mol. The Kier molecular flexibility index (Phi) is 4.62. The van der Waals surface area contributed by atoms with Gasteiger partial charge in [-0.25, -0.2) is 9.78 Å². The molecule has 1 aromatic carbocycles. The number of benzene rings is 1. The van der Waals surface area contributed by atoms with Crippen molar-refractivity contribution in [3.8, 4) is 17.2 Å². The minimum atomic E-state index is -0.479. The molecule has 21 heavy (non-hydrogen) atoms. The fourth-order valence-electron chi connectivity index (χ4n) is 2.02. The second kappa shape index (κ2) is 6.43. The van der Waals surface area contributed by atoms with Gasteiger partial charge in [0.2, 0.25) is 11.7 Å². The van der Waals surface area contributed by atoms with Crippen molar-refractivity contribution >= 4 is 5.97 Å². The van der Waals surface area contributed by atoms with E-state index in [2.05, 4.69) is 4.98 Å². The number of oxazole rings is 1. The van der Waals surface area contributed by atoms with Crippen molar-refractivity contribution in [2.24, 2.45) is 0 Å². The van der Waals surface area contributed by atoms with E-state index in [1.54, 1.807) is 14.0 Å². The van der Waals surface area contributed by atoms with Crippen LogP contribution >= 0.6 is 0 Å². The Balaban J connectivity index is 2.43. The summed E-state index contributed by atoms with van der Waals surface area (Å²) in [6.07, 6.45) is 0.598. The lowest BCUT2D eigenvalue weighted by Crippen LogP contribution is -2.05. The van der Waals surface area contributed by atoms with Crippen molar-refractivity contribution in [1.82, 2.24) is 4.98 Å². The molecule has 0 saturated heterocycles. The van der Waals surface area contributed by atoms with Gasteiger partial charge in [-0.15, -0.1) is 0 Å². The van der Waals surface area contributed by atoms with Crippen LogP contribution in [0.15, 0.2) is 22.6 Å². The number of nitrogens with zero attached hydrogens (tertiary/aromatic N) is 1. The van der Waals surface area contributed by atoms with Crippen molar-refractivity contribution in [3.05, 3.63) is 35.2 Å². The lowest BCUT2D eigenvalue weighted by Gasteiger charge is -2.05. The summed E-state index contributed by atoms with van der Waals surface area (Å²) in [7, 11) is 1.61. The summed E-state index contributed by atoms with van der Waals surface area (Å²) in [6.45, 7) is 5.93. The summed E-state index contributed by atoms with van der Waals surface area (Å²) in [4.78, 5) is 16.2. The first-order chi connectivity index (χ1) is 10.1. The van der Waals surface area contributed by atoms with Crippen molar-refractivity contribution < 1.29 is 18.7 Å². The molecule has 1 heterocycles. The normalized spacial score (nSPS) is 10.5. The van der Waals surface area contributed by atoms with Gasteiger partial charge in [0.1, 0.15) is 5.75 Å². The minimum Gasteiger partial charge on any atom is -0.496 e. The number of aromatic nitrogens is 1. The first kappa shape index (κ1) is 15.1. The maximum absolute atomic E-state index is 11.9. The Labute approximate surface area is 123 Å². The molecule has 0 spiro atoms. The van der Waals surface area contributed by atoms with Crippen molar-refractivity contribution in [2.75, 3.05) is 13.7 Å². The second-order valence-electron chi connectivity index (χ2n) is 4.55. The van der Waals surface area contributed by atoms with Gasteiger partial charge < -0.3 is 13.9 Å². The van der Waals surface area contributed by atoms with Crippen LogP contribution in [0.25, 0.3) is 11.5 Å². The van der Waals surface area contributed by atoms with Crippen LogP contribution in [-0.2, 0) is 11.2 Å². The van der Waals surface area contributed by atoms with Gasteiger partial charge in [-0.3, -0.25) is 0 Å². The molecule has 0 saturated carbocycles. The predicted octanol–water partition coefficient (Wildman–Crippen LogP) is 3.40. The highest BCUT2D eigenvalue weighted by atomic mass is 16.5. The zero-order valence-corrected chi connectivity index (χ0v) is 12.7. The first-order valence-electron chi connectivity index (χ1n) is 6.92. The Hall–Kier alpha value is -2.30. The van der Waals surface area contributed by atoms with Crippen LogP contribution < -0.4 is 4.74 Å². The molecular formula is C16H19NO4. The average molecular weight is 289 g/mol. The average Bonchev–Trinajstić information content (AvgIpc) is 2.92. The standard InChI is InChI=1S/C16H19NO4/c1-5-12-14(16(18)20-6-2)21-15(17-12)11-8-7-10(3)13(9-11)19-4/h7-9H,5-6H2,1-4H3. The Morgan fingerprint density at radius 1 is 1.33 bits per heavy atom. The molecule has 0 aliphatic heterocycles. The molecule has 2 rings (SSSR count). The van der Waals surface area contributed by atoms with Crippen LogP contribution in [0.1, 0.15) is 35.7 Å². The van der Waals surface area contributed by atoms with Gasteiger partial charge in [0, 0.05) is 5.56 Å². The van der Waals surface area contributed by atoms with Gasteiger partial charge >= 0.3 is 5.97 Å². The van der Waals surface area contributed by atoms with Crippen LogP contribution in [-0.4, -0.2) is 24.7 Å². The van der Waals surface area contributed by atoms with Gasteiger partial charge in [0.15, 0.2) is 0 Å². The quantitative estimate of drug-likeness (QED) is 0.789. The molecule has 0 aliphatic carbocycles. The summed E-state index contributed by atoms with van der Waals surface area (Å²) >= 11 is 0. The Morgan fingerprint density at radius 2 is 2.10 bits per heavy atom. The molecule has 1 aromatic heterocycles. The third kappa shape index (κ3) is 3.07. The Morgan fingerprint density at radius 3 is 2.71 bits per heavy atom. The number of rotatable bonds is 5. The largest absolute Gasteiger partial charge is 0.496 e. The first-order valence-corrected chi connectivity index (χ1v) is 6.92. The van der Waals surface area contributed by atoms with Crippen molar-refractivity contribution in [2.45, 2.75) is 27.2 Å². The summed E-state index contributed by atoms with van der Waals surface area (Å²) in [6, 6.07) is 5.65. The topological polar surface area (TPSA) is 61.6 Å². The molecule has 0 bridgehead atoms. The third-order valence-corrected chi connectivity index (χ3v) is 3.15. The molecular weight excluding hydrogens is 270 g/mol. The van der Waals surface area contributed by atoms with E-state index >= 15 is 0 Å². The van der Waals surface area contributed by atoms with Gasteiger partial charge in [-0.2, -0.15) is 0 Å². The van der Waals surface area contributed by atoms with Gasteiger partial charge in [0.25, 0.3) is 0 Å². The highest BCUT2D eigenvalue weighted by molar-refractivity contribution is 5.88. The van der Waals surface area contributed by atoms with E-state index in [1.807, 2.05) is 32.0 Å². The fraction of sp³-hybridized carbons (Fsp3) is 0.375. The van der Waals surface area contributed by atoms with E-state index in [4.69, 9.17) is 13.9 Å². The fourth-order valence-corrected chi connectivity index (χ4v) is 2.02. The van der Waals surface area contributed by atoms with E-state index in [-0.39, 0.29) is 5.76 Å². The maximum atomic E-state index is 11.9. The summed E-state index contributed by atoms with van der Waals surface area (Å²) in [5.74, 6) is 0.843. The number of esters is 1. The minimum absolute atomic E-state index is 0.175. The molecule has 5 nitrogen and oxygen atoms in total. The molecule has 0 unspecified atom stereocenters. The van der Waals surface area contributed by atoms with Crippen molar-refractivity contribution in [1.29, 1.82) is 0 Å². The SMILES string of the molecule is CCOC(=O)c1oc(-c2ccc(C)c(OC)c2)nc1CC. The Bertz CT molecular complexity index is 646. The van der Waals surface area contributed by atoms with E-state index in [0.717, 1.165) is 16.9 Å². The molecule has 0 atom stereocenters. The molecule has 2 aromatic rings. The molecule has 0 aliphatic rings. The zero-order valence-electron chi connectivity index (χ0n) is 12.7. The number of methoxy groups -OCH3 is 1. The van der Waals surface area contributed by atoms with Crippen LogP contribution in [0, 0.1) is 6.92 Å². The van der Waals surface area contributed by atoms with Crippen LogP contribution in [0.3, 0.4) is 0 Å². The molecule has 0 N–H and O–H groups in total. The van der Waals surface area contributed by atoms with Crippen molar-refractivity contribution in [3.63, 3.8) is 0 Å². The highest BCUT2D eigenvalue weighted by Crippen LogP contribution is 2.28. The van der Waals surface area contributed by atoms with Gasteiger partial charge in [0.05, 0.1) is 19.4 Å². The number of carbonyl (C=O) groups is 1. The number of ether oxygens (including phenoxy) is 2. The third-order valence-electron chi connectivity index (χ3n) is 3.15. The molecule has 0 amide bonds. The summed E-state index contributed by atoms with van der Waals surface area (Å²) < 4.78 is 15.9. The van der Waals surface area contributed by atoms with E-state index in [9.17, 15) is 4.79 Å². The van der Waals surface area contributed by atoms with E-state index < -0.39 is 5.97 Å².